The van der Waals surface area contributed by atoms with E-state index in [4.69, 9.17) is 33.8 Å². The van der Waals surface area contributed by atoms with Gasteiger partial charge < -0.3 is 8.83 Å². The zero-order chi connectivity index (χ0) is 39.2. The number of furan rings is 2. The van der Waals surface area contributed by atoms with Gasteiger partial charge in [0.2, 0.25) is 0 Å². The predicted octanol–water partition coefficient (Wildman–Crippen LogP) is 13.1. The fourth-order valence-electron chi connectivity index (χ4n) is 8.85. The van der Waals surface area contributed by atoms with Crippen molar-refractivity contribution in [1.29, 1.82) is 0 Å². The van der Waals surface area contributed by atoms with Crippen LogP contribution in [0.3, 0.4) is 0 Å². The molecule has 59 heavy (non-hydrogen) atoms. The molecule has 0 atom stereocenters. The largest absolute Gasteiger partial charge is 0.456 e. The zero-order valence-corrected chi connectivity index (χ0v) is 32.1. The summed E-state index contributed by atoms with van der Waals surface area (Å²) in [5.41, 5.74) is 13.8. The molecule has 4 heterocycles. The molecule has 7 aromatic carbocycles. The summed E-state index contributed by atoms with van der Waals surface area (Å²) in [6.07, 6.45) is 0. The molecule has 0 N–H and O–H groups in total. The van der Waals surface area contributed by atoms with Crippen molar-refractivity contribution in [2.24, 2.45) is 0 Å². The van der Waals surface area contributed by atoms with Crippen molar-refractivity contribution in [3.05, 3.63) is 175 Å². The Morgan fingerprint density at radius 3 is 1.80 bits per heavy atom. The Hall–Kier alpha value is -7.77. The van der Waals surface area contributed by atoms with Crippen LogP contribution in [0.5, 0.6) is 0 Å². The highest BCUT2D eigenvalue weighted by molar-refractivity contribution is 6.14. The van der Waals surface area contributed by atoms with Gasteiger partial charge in [0.05, 0.1) is 0 Å². The average molecular weight is 760 g/mol. The smallest absolute Gasteiger partial charge is 0.180 e. The summed E-state index contributed by atoms with van der Waals surface area (Å²) in [5.74, 6) is 2.39. The molecule has 7 heteroatoms. The number of fused-ring (bicyclic) bond motifs is 9. The lowest BCUT2D eigenvalue weighted by molar-refractivity contribution is 0.660. The summed E-state index contributed by atoms with van der Waals surface area (Å²) < 4.78 is 13.1. The van der Waals surface area contributed by atoms with Gasteiger partial charge in [-0.2, -0.15) is 0 Å². The molecule has 0 aliphatic heterocycles. The van der Waals surface area contributed by atoms with Gasteiger partial charge in [-0.25, -0.2) is 24.9 Å². The molecule has 12 rings (SSSR count). The summed E-state index contributed by atoms with van der Waals surface area (Å²) in [7, 11) is 0. The third-order valence-corrected chi connectivity index (χ3v) is 11.8. The van der Waals surface area contributed by atoms with Crippen molar-refractivity contribution in [3.8, 4) is 67.9 Å². The second kappa shape index (κ2) is 12.6. The summed E-state index contributed by atoms with van der Waals surface area (Å²) in [4.78, 5) is 25.6. The normalized spacial score (nSPS) is 13.1. The molecular weight excluding hydrogens is 727 g/mol. The lowest BCUT2D eigenvalue weighted by Gasteiger charge is -2.21. The molecule has 7 nitrogen and oxygen atoms in total. The highest BCUT2D eigenvalue weighted by Gasteiger charge is 2.35. The lowest BCUT2D eigenvalue weighted by Crippen LogP contribution is -2.15. The first-order valence-corrected chi connectivity index (χ1v) is 19.7. The number of aromatic nitrogens is 5. The van der Waals surface area contributed by atoms with Crippen molar-refractivity contribution in [1.82, 2.24) is 24.9 Å². The monoisotopic (exact) mass is 759 g/mol. The first-order chi connectivity index (χ1) is 29.0. The maximum Gasteiger partial charge on any atom is 0.180 e. The molecule has 0 bridgehead atoms. The molecular formula is C52H33N5O2. The Labute approximate surface area is 338 Å². The molecule has 0 amide bonds. The third kappa shape index (κ3) is 5.18. The SMILES string of the molecule is CC1(C)c2ccccc2-c2ccc(-c3nc(-c4ccc5oc6cccc(-c7nc(-c8ccccc8)nc(-c8ccccc8)n7)c6c5c4)c4oc5ccccc5c4n3)cc21. The van der Waals surface area contributed by atoms with Gasteiger partial charge in [-0.1, -0.05) is 135 Å². The lowest BCUT2D eigenvalue weighted by atomic mass is 9.82. The Balaban J connectivity index is 1.07. The Kier molecular flexibility index (Phi) is 7.14. The molecule has 4 aromatic heterocycles. The molecule has 0 unspecified atom stereocenters. The molecule has 0 radical (unpaired) electrons. The first kappa shape index (κ1) is 33.4. The number of hydrogen-bond donors (Lipinski definition) is 0. The summed E-state index contributed by atoms with van der Waals surface area (Å²) in [6.45, 7) is 4.59. The first-order valence-electron chi connectivity index (χ1n) is 19.7. The van der Waals surface area contributed by atoms with E-state index in [1.165, 1.54) is 22.3 Å². The maximum absolute atomic E-state index is 6.59. The van der Waals surface area contributed by atoms with Crippen LogP contribution < -0.4 is 0 Å². The number of rotatable bonds is 5. The standard InChI is InChI=1S/C52H33N5O2/c1-52(2)39-21-11-9-18-34(39)35-26-24-33(29-40(35)52)50-53-45(47-46(54-50)36-19-10-12-22-41(36)59-47)32-25-27-42-38(28-32)44-37(20-13-23-43(44)58-42)51-56-48(30-14-5-3-6-15-30)55-49(57-51)31-16-7-4-8-17-31/h3-29H,1-2H3. The van der Waals surface area contributed by atoms with Gasteiger partial charge in [-0.3, -0.25) is 0 Å². The van der Waals surface area contributed by atoms with Crippen molar-refractivity contribution < 1.29 is 8.83 Å². The number of benzene rings is 7. The van der Waals surface area contributed by atoms with Gasteiger partial charge in [0.15, 0.2) is 28.9 Å². The van der Waals surface area contributed by atoms with E-state index in [0.29, 0.717) is 34.6 Å². The molecule has 11 aromatic rings. The molecule has 1 aliphatic rings. The molecule has 1 aliphatic carbocycles. The Bertz CT molecular complexity index is 3420. The minimum Gasteiger partial charge on any atom is -0.456 e. The van der Waals surface area contributed by atoms with Gasteiger partial charge >= 0.3 is 0 Å². The molecule has 0 spiro atoms. The number of hydrogen-bond acceptors (Lipinski definition) is 7. The van der Waals surface area contributed by atoms with E-state index in [1.54, 1.807) is 0 Å². The van der Waals surface area contributed by atoms with Crippen LogP contribution >= 0.6 is 0 Å². The van der Waals surface area contributed by atoms with Crippen molar-refractivity contribution in [2.45, 2.75) is 19.3 Å². The fourth-order valence-corrected chi connectivity index (χ4v) is 8.85. The number of nitrogens with zero attached hydrogens (tertiary/aromatic N) is 5. The average Bonchev–Trinajstić information content (AvgIpc) is 3.94. The highest BCUT2D eigenvalue weighted by Crippen LogP contribution is 2.50. The van der Waals surface area contributed by atoms with E-state index >= 15 is 0 Å². The summed E-state index contributed by atoms with van der Waals surface area (Å²) in [5, 5.41) is 2.76. The molecule has 278 valence electrons. The molecule has 0 saturated carbocycles. The van der Waals surface area contributed by atoms with Crippen molar-refractivity contribution >= 4 is 44.0 Å². The van der Waals surface area contributed by atoms with Crippen LogP contribution in [-0.2, 0) is 5.41 Å². The van der Waals surface area contributed by atoms with Gasteiger partial charge in [-0.15, -0.1) is 0 Å². The van der Waals surface area contributed by atoms with E-state index in [2.05, 4.69) is 80.6 Å². The van der Waals surface area contributed by atoms with E-state index < -0.39 is 0 Å². The minimum atomic E-state index is -0.162. The Morgan fingerprint density at radius 2 is 1.00 bits per heavy atom. The predicted molar refractivity (Wildman–Crippen MR) is 235 cm³/mol. The van der Waals surface area contributed by atoms with Crippen LogP contribution in [-0.4, -0.2) is 24.9 Å². The summed E-state index contributed by atoms with van der Waals surface area (Å²) >= 11 is 0. The van der Waals surface area contributed by atoms with Crippen LogP contribution in [0.15, 0.2) is 173 Å². The van der Waals surface area contributed by atoms with E-state index in [9.17, 15) is 0 Å². The fraction of sp³-hybridized carbons (Fsp3) is 0.0577. The Morgan fingerprint density at radius 1 is 0.390 bits per heavy atom. The third-order valence-electron chi connectivity index (χ3n) is 11.8. The van der Waals surface area contributed by atoms with Crippen LogP contribution in [0.2, 0.25) is 0 Å². The van der Waals surface area contributed by atoms with E-state index in [0.717, 1.165) is 66.2 Å². The highest BCUT2D eigenvalue weighted by atomic mass is 16.3. The van der Waals surface area contributed by atoms with Crippen LogP contribution in [0.4, 0.5) is 0 Å². The van der Waals surface area contributed by atoms with Crippen LogP contribution in [0.1, 0.15) is 25.0 Å². The van der Waals surface area contributed by atoms with Crippen LogP contribution in [0.25, 0.3) is 112 Å². The van der Waals surface area contributed by atoms with Gasteiger partial charge in [0.1, 0.15) is 28.0 Å². The topological polar surface area (TPSA) is 90.7 Å². The van der Waals surface area contributed by atoms with Gasteiger partial charge in [0, 0.05) is 49.4 Å². The van der Waals surface area contributed by atoms with E-state index in [-0.39, 0.29) is 5.41 Å². The second-order valence-corrected chi connectivity index (χ2v) is 15.6. The van der Waals surface area contributed by atoms with Crippen molar-refractivity contribution in [2.75, 3.05) is 0 Å². The van der Waals surface area contributed by atoms with Gasteiger partial charge in [-0.05, 0) is 64.7 Å². The van der Waals surface area contributed by atoms with Gasteiger partial charge in [0.25, 0.3) is 0 Å². The second-order valence-electron chi connectivity index (χ2n) is 15.6. The molecule has 0 saturated heterocycles. The minimum absolute atomic E-state index is 0.162. The number of para-hydroxylation sites is 1. The zero-order valence-electron chi connectivity index (χ0n) is 32.1. The summed E-state index contributed by atoms with van der Waals surface area (Å²) in [6, 6.07) is 55.6. The van der Waals surface area contributed by atoms with Crippen molar-refractivity contribution in [3.63, 3.8) is 0 Å². The molecule has 0 fully saturated rings. The quantitative estimate of drug-likeness (QED) is 0.172. The maximum atomic E-state index is 6.59. The van der Waals surface area contributed by atoms with Crippen LogP contribution in [0, 0.1) is 0 Å². The van der Waals surface area contributed by atoms with E-state index in [1.807, 2.05) is 97.1 Å².